The molecule has 2 saturated heterocycles. The highest BCUT2D eigenvalue weighted by molar-refractivity contribution is 7.89. The molecule has 2 heterocycles. The lowest BCUT2D eigenvalue weighted by atomic mass is 9.96. The summed E-state index contributed by atoms with van der Waals surface area (Å²) in [6.07, 6.45) is 2.60. The number of piperidine rings is 2. The average molecular weight is 452 g/mol. The molecule has 1 aromatic rings. The van der Waals surface area contributed by atoms with Crippen LogP contribution in [0.15, 0.2) is 35.2 Å². The van der Waals surface area contributed by atoms with E-state index >= 15 is 0 Å². The van der Waals surface area contributed by atoms with Gasteiger partial charge in [-0.05, 0) is 51.7 Å². The zero-order valence-electron chi connectivity index (χ0n) is 18.3. The number of benzene rings is 1. The molecular formula is C22H33N3O5S. The maximum Gasteiger partial charge on any atom is 0.309 e. The summed E-state index contributed by atoms with van der Waals surface area (Å²) in [5, 5.41) is 0. The molecule has 0 aliphatic carbocycles. The fraction of sp³-hybridized carbons (Fsp3) is 0.636. The molecule has 8 nitrogen and oxygen atoms in total. The summed E-state index contributed by atoms with van der Waals surface area (Å²) in [5.41, 5.74) is 0. The lowest BCUT2D eigenvalue weighted by molar-refractivity contribution is -0.152. The number of carbonyl (C=O) groups excluding carboxylic acids is 2. The van der Waals surface area contributed by atoms with Gasteiger partial charge >= 0.3 is 5.97 Å². The van der Waals surface area contributed by atoms with E-state index in [0.717, 1.165) is 0 Å². The predicted molar refractivity (Wildman–Crippen MR) is 117 cm³/mol. The van der Waals surface area contributed by atoms with Gasteiger partial charge < -0.3 is 9.64 Å². The number of rotatable bonds is 7. The Labute approximate surface area is 185 Å². The van der Waals surface area contributed by atoms with Crippen molar-refractivity contribution in [1.29, 1.82) is 0 Å². The lowest BCUT2D eigenvalue weighted by Gasteiger charge is -2.39. The van der Waals surface area contributed by atoms with Crippen molar-refractivity contribution in [1.82, 2.24) is 14.5 Å². The molecule has 2 aliphatic rings. The van der Waals surface area contributed by atoms with E-state index in [1.165, 1.54) is 0 Å². The summed E-state index contributed by atoms with van der Waals surface area (Å²) in [6, 6.07) is 7.98. The number of amides is 1. The number of nitrogens with zero attached hydrogens (tertiary/aromatic N) is 2. The van der Waals surface area contributed by atoms with Crippen LogP contribution in [0.25, 0.3) is 0 Å². The third kappa shape index (κ3) is 6.05. The van der Waals surface area contributed by atoms with Crippen LogP contribution in [0.2, 0.25) is 0 Å². The van der Waals surface area contributed by atoms with Gasteiger partial charge in [0.05, 0.1) is 23.5 Å². The summed E-state index contributed by atoms with van der Waals surface area (Å²) in [7, 11) is -3.53. The molecule has 2 fully saturated rings. The summed E-state index contributed by atoms with van der Waals surface area (Å²) < 4.78 is 32.9. The summed E-state index contributed by atoms with van der Waals surface area (Å²) in [6.45, 7) is 6.55. The van der Waals surface area contributed by atoms with Gasteiger partial charge in [0.15, 0.2) is 0 Å². The Morgan fingerprint density at radius 1 is 1.06 bits per heavy atom. The molecule has 0 radical (unpaired) electrons. The highest BCUT2D eigenvalue weighted by atomic mass is 32.2. The van der Waals surface area contributed by atoms with Crippen LogP contribution in [0.3, 0.4) is 0 Å². The SMILES string of the molecule is CCOC(=O)C1CCN(C(=O)C(C)N2CCC(NS(=O)(=O)c3ccccc3)CC2)CC1. The van der Waals surface area contributed by atoms with Gasteiger partial charge in [0.25, 0.3) is 0 Å². The van der Waals surface area contributed by atoms with E-state index < -0.39 is 10.0 Å². The van der Waals surface area contributed by atoms with Crippen LogP contribution in [0.1, 0.15) is 39.5 Å². The van der Waals surface area contributed by atoms with Crippen LogP contribution in [0, 0.1) is 5.92 Å². The Hall–Kier alpha value is -1.97. The highest BCUT2D eigenvalue weighted by Gasteiger charge is 2.34. The molecule has 1 aromatic carbocycles. The molecule has 172 valence electrons. The molecule has 0 saturated carbocycles. The summed E-state index contributed by atoms with van der Waals surface area (Å²) >= 11 is 0. The topological polar surface area (TPSA) is 96.0 Å². The van der Waals surface area contributed by atoms with Crippen molar-refractivity contribution in [2.45, 2.75) is 56.5 Å². The van der Waals surface area contributed by atoms with Gasteiger partial charge in [-0.15, -0.1) is 0 Å². The Kier molecular flexibility index (Phi) is 8.07. The summed E-state index contributed by atoms with van der Waals surface area (Å²) in [5.74, 6) is -0.207. The number of nitrogens with one attached hydrogen (secondary N) is 1. The molecule has 0 bridgehead atoms. The van der Waals surface area contributed by atoms with E-state index in [-0.39, 0.29) is 34.8 Å². The Morgan fingerprint density at radius 3 is 2.26 bits per heavy atom. The van der Waals surface area contributed by atoms with Crippen LogP contribution in [0.4, 0.5) is 0 Å². The largest absolute Gasteiger partial charge is 0.466 e. The predicted octanol–water partition coefficient (Wildman–Crippen LogP) is 1.62. The first-order valence-corrected chi connectivity index (χ1v) is 12.6. The van der Waals surface area contributed by atoms with Gasteiger partial charge in [-0.2, -0.15) is 0 Å². The normalized spacial score (nSPS) is 20.4. The first-order chi connectivity index (χ1) is 14.8. The second kappa shape index (κ2) is 10.6. The minimum Gasteiger partial charge on any atom is -0.466 e. The van der Waals surface area contributed by atoms with Crippen LogP contribution < -0.4 is 4.72 Å². The molecule has 9 heteroatoms. The third-order valence-electron chi connectivity index (χ3n) is 6.24. The van der Waals surface area contributed by atoms with E-state index in [0.29, 0.717) is 58.5 Å². The molecule has 2 aliphatic heterocycles. The Morgan fingerprint density at radius 2 is 1.68 bits per heavy atom. The third-order valence-corrected chi connectivity index (χ3v) is 7.77. The van der Waals surface area contributed by atoms with Crippen molar-refractivity contribution in [3.63, 3.8) is 0 Å². The number of ether oxygens (including phenoxy) is 1. The first kappa shape index (κ1) is 23.7. The minimum absolute atomic E-state index is 0.0747. The molecule has 1 amide bonds. The highest BCUT2D eigenvalue weighted by Crippen LogP contribution is 2.22. The molecule has 3 rings (SSSR count). The number of esters is 1. The van der Waals surface area contributed by atoms with Crippen molar-refractivity contribution in [3.8, 4) is 0 Å². The second-order valence-corrected chi connectivity index (χ2v) is 9.99. The standard InChI is InChI=1S/C22H33N3O5S/c1-3-30-22(27)18-9-13-25(14-10-18)21(26)17(2)24-15-11-19(12-16-24)23-31(28,29)20-7-5-4-6-8-20/h4-8,17-19,23H,3,9-16H2,1-2H3. The smallest absolute Gasteiger partial charge is 0.309 e. The van der Waals surface area contributed by atoms with Crippen LogP contribution >= 0.6 is 0 Å². The van der Waals surface area contributed by atoms with Crippen LogP contribution in [-0.2, 0) is 24.3 Å². The number of hydrogen-bond acceptors (Lipinski definition) is 6. The van der Waals surface area contributed by atoms with Crippen molar-refractivity contribution in [3.05, 3.63) is 30.3 Å². The van der Waals surface area contributed by atoms with Crippen LogP contribution in [0.5, 0.6) is 0 Å². The fourth-order valence-electron chi connectivity index (χ4n) is 4.31. The number of likely N-dealkylation sites (tertiary alicyclic amines) is 2. The minimum atomic E-state index is -3.53. The van der Waals surface area contributed by atoms with Gasteiger partial charge in [-0.3, -0.25) is 14.5 Å². The van der Waals surface area contributed by atoms with E-state index in [2.05, 4.69) is 9.62 Å². The maximum atomic E-state index is 13.0. The van der Waals surface area contributed by atoms with Crippen molar-refractivity contribution < 1.29 is 22.7 Å². The number of sulfonamides is 1. The average Bonchev–Trinajstić information content (AvgIpc) is 2.79. The Balaban J connectivity index is 1.46. The quantitative estimate of drug-likeness (QED) is 0.633. The molecular weight excluding hydrogens is 418 g/mol. The van der Waals surface area contributed by atoms with E-state index in [4.69, 9.17) is 4.74 Å². The monoisotopic (exact) mass is 451 g/mol. The van der Waals surface area contributed by atoms with Gasteiger partial charge in [0.2, 0.25) is 15.9 Å². The molecule has 1 atom stereocenters. The van der Waals surface area contributed by atoms with Gasteiger partial charge in [0.1, 0.15) is 0 Å². The maximum absolute atomic E-state index is 13.0. The Bertz CT molecular complexity index is 845. The zero-order chi connectivity index (χ0) is 22.4. The van der Waals surface area contributed by atoms with Gasteiger partial charge in [-0.25, -0.2) is 13.1 Å². The van der Waals surface area contributed by atoms with Crippen molar-refractivity contribution >= 4 is 21.9 Å². The van der Waals surface area contributed by atoms with Gasteiger partial charge in [-0.1, -0.05) is 18.2 Å². The van der Waals surface area contributed by atoms with E-state index in [1.807, 2.05) is 11.8 Å². The van der Waals surface area contributed by atoms with E-state index in [9.17, 15) is 18.0 Å². The zero-order valence-corrected chi connectivity index (χ0v) is 19.1. The molecule has 1 unspecified atom stereocenters. The lowest BCUT2D eigenvalue weighted by Crippen LogP contribution is -2.53. The molecule has 0 spiro atoms. The van der Waals surface area contributed by atoms with E-state index in [1.54, 1.807) is 37.3 Å². The van der Waals surface area contributed by atoms with Crippen molar-refractivity contribution in [2.75, 3.05) is 32.8 Å². The first-order valence-electron chi connectivity index (χ1n) is 11.1. The van der Waals surface area contributed by atoms with Crippen LogP contribution in [-0.4, -0.2) is 75.0 Å². The fourth-order valence-corrected chi connectivity index (χ4v) is 5.63. The molecule has 31 heavy (non-hydrogen) atoms. The summed E-state index contributed by atoms with van der Waals surface area (Å²) in [4.78, 5) is 29.1. The number of hydrogen-bond donors (Lipinski definition) is 1. The molecule has 1 N–H and O–H groups in total. The second-order valence-electron chi connectivity index (χ2n) is 8.27. The van der Waals surface area contributed by atoms with Crippen molar-refractivity contribution in [2.24, 2.45) is 5.92 Å². The molecule has 0 aromatic heterocycles. The number of carbonyl (C=O) groups is 2. The van der Waals surface area contributed by atoms with Gasteiger partial charge in [0, 0.05) is 32.2 Å².